The number of nitro groups is 1. The van der Waals surface area contributed by atoms with Gasteiger partial charge in [0.25, 0.3) is 27.5 Å². The lowest BCUT2D eigenvalue weighted by Gasteiger charge is -2.24. The Balaban J connectivity index is 1.40. The number of carbonyl (C=O) groups is 2. The Morgan fingerprint density at radius 2 is 1.67 bits per heavy atom. The molecule has 0 atom stereocenters. The predicted molar refractivity (Wildman–Crippen MR) is 168 cm³/mol. The molecule has 0 aliphatic heterocycles. The van der Waals surface area contributed by atoms with E-state index in [4.69, 9.17) is 9.47 Å². The van der Waals surface area contributed by atoms with Gasteiger partial charge in [-0.25, -0.2) is 13.8 Å². The van der Waals surface area contributed by atoms with Crippen molar-refractivity contribution in [3.63, 3.8) is 0 Å². The molecule has 3 aromatic carbocycles. The molecule has 2 N–H and O–H groups in total. The maximum Gasteiger partial charge on any atom is 0.273 e. The second-order valence-corrected chi connectivity index (χ2v) is 12.3. The lowest BCUT2D eigenvalue weighted by atomic mass is 9.95. The second-order valence-electron chi connectivity index (χ2n) is 10.5. The smallest absolute Gasteiger partial charge is 0.273 e. The molecule has 0 radical (unpaired) electrons. The van der Waals surface area contributed by atoms with E-state index in [0.717, 1.165) is 36.1 Å². The van der Waals surface area contributed by atoms with Crippen LogP contribution in [0, 0.1) is 17.0 Å². The number of hydrogen-bond acceptors (Lipinski definition) is 9. The molecule has 13 nitrogen and oxygen atoms in total. The maximum absolute atomic E-state index is 13.6. The first-order valence-electron chi connectivity index (χ1n) is 14.3. The van der Waals surface area contributed by atoms with E-state index < -0.39 is 27.4 Å². The molecule has 0 aromatic heterocycles. The number of methoxy groups -OCH3 is 1. The first-order chi connectivity index (χ1) is 21.6. The summed E-state index contributed by atoms with van der Waals surface area (Å²) in [6.45, 7) is 0.742. The van der Waals surface area contributed by atoms with Crippen LogP contribution in [0.1, 0.15) is 43.2 Å². The summed E-state index contributed by atoms with van der Waals surface area (Å²) in [7, 11) is -2.95. The molecular formula is C31H35N5O8S. The number of rotatable bonds is 13. The van der Waals surface area contributed by atoms with Crippen LogP contribution in [0.15, 0.2) is 76.7 Å². The largest absolute Gasteiger partial charge is 0.497 e. The summed E-state index contributed by atoms with van der Waals surface area (Å²) in [5.74, 6) is 0.0413. The Morgan fingerprint density at radius 3 is 2.31 bits per heavy atom. The molecule has 0 bridgehead atoms. The van der Waals surface area contributed by atoms with Gasteiger partial charge in [0, 0.05) is 17.7 Å². The van der Waals surface area contributed by atoms with Crippen molar-refractivity contribution in [2.75, 3.05) is 24.6 Å². The molecule has 1 saturated carbocycles. The fraction of sp³-hybridized carbons (Fsp3) is 0.323. The maximum atomic E-state index is 13.6. The number of carbonyl (C=O) groups excluding carboxylic acids is 2. The minimum absolute atomic E-state index is 0.0937. The summed E-state index contributed by atoms with van der Waals surface area (Å²) in [6, 6.07) is 16.4. The SMILES string of the molecule is COc1ccc(N(CC(=O)N/N=C\c2ccc(OCC(=O)NC3CCCCC3)cc2)S(=O)(=O)c2ccc(C)c([N+](=O)[O-])c2)cc1. The summed E-state index contributed by atoms with van der Waals surface area (Å²) in [5, 5.41) is 18.4. The molecule has 0 unspecified atom stereocenters. The van der Waals surface area contributed by atoms with Gasteiger partial charge in [-0.3, -0.25) is 24.0 Å². The molecule has 4 rings (SSSR count). The van der Waals surface area contributed by atoms with Crippen molar-refractivity contribution in [1.82, 2.24) is 10.7 Å². The van der Waals surface area contributed by atoms with E-state index >= 15 is 0 Å². The normalized spacial score (nSPS) is 13.6. The molecule has 1 aliphatic rings. The lowest BCUT2D eigenvalue weighted by molar-refractivity contribution is -0.385. The number of sulfonamides is 1. The van der Waals surface area contributed by atoms with E-state index in [1.165, 1.54) is 63.1 Å². The van der Waals surface area contributed by atoms with Crippen LogP contribution in [0.5, 0.6) is 11.5 Å². The summed E-state index contributed by atoms with van der Waals surface area (Å²) in [6.07, 6.45) is 6.79. The van der Waals surface area contributed by atoms with Crippen LogP contribution in [0.2, 0.25) is 0 Å². The molecule has 0 saturated heterocycles. The topological polar surface area (TPSA) is 170 Å². The highest BCUT2D eigenvalue weighted by atomic mass is 32.2. The number of nitrogens with zero attached hydrogens (tertiary/aromatic N) is 3. The lowest BCUT2D eigenvalue weighted by Crippen LogP contribution is -2.39. The van der Waals surface area contributed by atoms with Gasteiger partial charge in [-0.15, -0.1) is 0 Å². The van der Waals surface area contributed by atoms with Crippen molar-refractivity contribution in [3.05, 3.63) is 88.0 Å². The third-order valence-corrected chi connectivity index (χ3v) is 9.01. The van der Waals surface area contributed by atoms with Crippen molar-refractivity contribution in [2.24, 2.45) is 5.10 Å². The third kappa shape index (κ3) is 9.01. The first-order valence-corrected chi connectivity index (χ1v) is 15.8. The standard InChI is InChI=1S/C31H35N5O8S/c1-22-8-17-28(18-29(22)36(39)40)45(41,42)35(25-11-15-26(43-2)16-12-25)20-30(37)34-32-19-23-9-13-27(14-10-23)44-21-31(38)33-24-6-4-3-5-7-24/h8-19,24H,3-7,20-21H2,1-2H3,(H,33,38)(H,34,37)/b32-19-. The summed E-state index contributed by atoms with van der Waals surface area (Å²) < 4.78 is 38.8. The van der Waals surface area contributed by atoms with Gasteiger partial charge in [0.05, 0.1) is 28.8 Å². The molecular weight excluding hydrogens is 602 g/mol. The van der Waals surface area contributed by atoms with E-state index in [1.54, 1.807) is 24.3 Å². The molecule has 1 fully saturated rings. The fourth-order valence-electron chi connectivity index (χ4n) is 4.80. The van der Waals surface area contributed by atoms with Crippen molar-refractivity contribution in [1.29, 1.82) is 0 Å². The van der Waals surface area contributed by atoms with Gasteiger partial charge in [-0.1, -0.05) is 25.3 Å². The number of nitrogens with one attached hydrogen (secondary N) is 2. The molecule has 0 spiro atoms. The van der Waals surface area contributed by atoms with Crippen LogP contribution in [0.4, 0.5) is 11.4 Å². The Labute approximate surface area is 261 Å². The van der Waals surface area contributed by atoms with Crippen LogP contribution in [0.3, 0.4) is 0 Å². The average molecular weight is 638 g/mol. The zero-order chi connectivity index (χ0) is 32.4. The highest BCUT2D eigenvalue weighted by Crippen LogP contribution is 2.29. The van der Waals surface area contributed by atoms with E-state index in [9.17, 15) is 28.1 Å². The van der Waals surface area contributed by atoms with Crippen molar-refractivity contribution < 1.29 is 32.4 Å². The number of aryl methyl sites for hydroxylation is 1. The zero-order valence-electron chi connectivity index (χ0n) is 25.0. The molecule has 2 amide bonds. The average Bonchev–Trinajstić information content (AvgIpc) is 3.03. The summed E-state index contributed by atoms with van der Waals surface area (Å²) in [5.41, 5.74) is 3.00. The Morgan fingerprint density at radius 1 is 1.00 bits per heavy atom. The highest BCUT2D eigenvalue weighted by Gasteiger charge is 2.29. The molecule has 3 aromatic rings. The van der Waals surface area contributed by atoms with Gasteiger partial charge in [-0.05, 0) is 79.9 Å². The molecule has 238 valence electrons. The second kappa shape index (κ2) is 15.1. The van der Waals surface area contributed by atoms with Gasteiger partial charge >= 0.3 is 0 Å². The number of hydrogen-bond donors (Lipinski definition) is 2. The number of amides is 2. The Hall–Kier alpha value is -4.98. The summed E-state index contributed by atoms with van der Waals surface area (Å²) in [4.78, 5) is 35.5. The number of benzene rings is 3. The molecule has 1 aliphatic carbocycles. The number of anilines is 1. The van der Waals surface area contributed by atoms with Gasteiger partial charge in [0.15, 0.2) is 6.61 Å². The zero-order valence-corrected chi connectivity index (χ0v) is 25.8. The van der Waals surface area contributed by atoms with Gasteiger partial charge in [-0.2, -0.15) is 5.10 Å². The quantitative estimate of drug-likeness (QED) is 0.160. The molecule has 45 heavy (non-hydrogen) atoms. The Kier molecular flexibility index (Phi) is 11.1. The third-order valence-electron chi connectivity index (χ3n) is 7.24. The fourth-order valence-corrected chi connectivity index (χ4v) is 6.24. The summed E-state index contributed by atoms with van der Waals surface area (Å²) >= 11 is 0. The van der Waals surface area contributed by atoms with Gasteiger partial charge < -0.3 is 14.8 Å². The van der Waals surface area contributed by atoms with Gasteiger partial charge in [0.1, 0.15) is 18.0 Å². The van der Waals surface area contributed by atoms with Crippen LogP contribution >= 0.6 is 0 Å². The van der Waals surface area contributed by atoms with Crippen LogP contribution in [0.25, 0.3) is 0 Å². The minimum atomic E-state index is -4.41. The highest BCUT2D eigenvalue weighted by molar-refractivity contribution is 7.92. The van der Waals surface area contributed by atoms with Crippen LogP contribution < -0.4 is 24.5 Å². The monoisotopic (exact) mass is 637 g/mol. The number of ether oxygens (including phenoxy) is 2. The molecule has 0 heterocycles. The first kappa shape index (κ1) is 32.9. The van der Waals surface area contributed by atoms with E-state index in [-0.39, 0.29) is 34.8 Å². The van der Waals surface area contributed by atoms with Crippen molar-refractivity contribution in [2.45, 2.75) is 50.0 Å². The van der Waals surface area contributed by atoms with Crippen molar-refractivity contribution in [3.8, 4) is 11.5 Å². The van der Waals surface area contributed by atoms with Crippen molar-refractivity contribution >= 4 is 39.4 Å². The van der Waals surface area contributed by atoms with Gasteiger partial charge in [0.2, 0.25) is 0 Å². The Bertz CT molecular complexity index is 1640. The van der Waals surface area contributed by atoms with E-state index in [2.05, 4.69) is 15.8 Å². The van der Waals surface area contributed by atoms with Crippen LogP contribution in [-0.2, 0) is 19.6 Å². The minimum Gasteiger partial charge on any atom is -0.497 e. The van der Waals surface area contributed by atoms with E-state index in [1.807, 2.05) is 0 Å². The number of nitro benzene ring substituents is 1. The van der Waals surface area contributed by atoms with Crippen LogP contribution in [-0.4, -0.2) is 57.7 Å². The van der Waals surface area contributed by atoms with E-state index in [0.29, 0.717) is 22.6 Å². The predicted octanol–water partition coefficient (Wildman–Crippen LogP) is 4.09. The number of hydrazone groups is 1. The molecule has 14 heteroatoms.